The fourth-order valence-corrected chi connectivity index (χ4v) is 3.54. The molecule has 1 aliphatic heterocycles. The highest BCUT2D eigenvalue weighted by molar-refractivity contribution is 8.00. The second-order valence-corrected chi connectivity index (χ2v) is 8.46. The highest BCUT2D eigenvalue weighted by atomic mass is 35.5. The summed E-state index contributed by atoms with van der Waals surface area (Å²) < 4.78 is 0. The summed E-state index contributed by atoms with van der Waals surface area (Å²) in [5.74, 6) is 1.20. The van der Waals surface area contributed by atoms with Crippen molar-refractivity contribution in [2.24, 2.45) is 0 Å². The Morgan fingerprint density at radius 2 is 2.15 bits per heavy atom. The van der Waals surface area contributed by atoms with E-state index in [9.17, 15) is 0 Å². The molecular formula is C16H25ClN2S. The van der Waals surface area contributed by atoms with E-state index in [0.717, 1.165) is 24.7 Å². The lowest BCUT2D eigenvalue weighted by molar-refractivity contribution is 0.424. The highest BCUT2D eigenvalue weighted by Crippen LogP contribution is 2.28. The standard InChI is InChI=1S/C16H25ClN2S/c1-12-11-19(7-8-20-12)14-6-5-13(15(17)9-14)10-18-16(2,3)4/h5-6,9,12,18H,7-8,10-11H2,1-4H3. The molecule has 1 heterocycles. The van der Waals surface area contributed by atoms with Crippen LogP contribution in [-0.2, 0) is 6.54 Å². The molecule has 0 saturated carbocycles. The van der Waals surface area contributed by atoms with E-state index in [1.165, 1.54) is 17.0 Å². The van der Waals surface area contributed by atoms with E-state index in [4.69, 9.17) is 11.6 Å². The summed E-state index contributed by atoms with van der Waals surface area (Å²) in [7, 11) is 0. The molecule has 0 aliphatic carbocycles. The van der Waals surface area contributed by atoms with Gasteiger partial charge in [-0.2, -0.15) is 11.8 Å². The van der Waals surface area contributed by atoms with Crippen LogP contribution in [0.3, 0.4) is 0 Å². The van der Waals surface area contributed by atoms with Gasteiger partial charge in [0.05, 0.1) is 0 Å². The van der Waals surface area contributed by atoms with Crippen molar-refractivity contribution in [3.63, 3.8) is 0 Å². The molecule has 1 saturated heterocycles. The Bertz CT molecular complexity index is 456. The maximum atomic E-state index is 6.44. The Hall–Kier alpha value is -0.380. The summed E-state index contributed by atoms with van der Waals surface area (Å²) in [5.41, 5.74) is 2.54. The number of hydrogen-bond acceptors (Lipinski definition) is 3. The lowest BCUT2D eigenvalue weighted by Gasteiger charge is -2.32. The molecule has 0 radical (unpaired) electrons. The first kappa shape index (κ1) is 16.0. The van der Waals surface area contributed by atoms with E-state index in [-0.39, 0.29) is 5.54 Å². The minimum Gasteiger partial charge on any atom is -0.370 e. The summed E-state index contributed by atoms with van der Waals surface area (Å²) in [4.78, 5) is 2.44. The summed E-state index contributed by atoms with van der Waals surface area (Å²) >= 11 is 8.49. The molecule has 2 rings (SSSR count). The molecule has 1 unspecified atom stereocenters. The molecule has 1 fully saturated rings. The van der Waals surface area contributed by atoms with Crippen LogP contribution in [0.1, 0.15) is 33.3 Å². The predicted octanol–water partition coefficient (Wildman–Crippen LogP) is 4.17. The Morgan fingerprint density at radius 3 is 2.75 bits per heavy atom. The van der Waals surface area contributed by atoms with Crippen molar-refractivity contribution in [2.45, 2.75) is 45.0 Å². The van der Waals surface area contributed by atoms with Gasteiger partial charge in [0.1, 0.15) is 0 Å². The fourth-order valence-electron chi connectivity index (χ4n) is 2.29. The summed E-state index contributed by atoms with van der Waals surface area (Å²) in [6, 6.07) is 6.47. The number of hydrogen-bond donors (Lipinski definition) is 1. The Labute approximate surface area is 132 Å². The van der Waals surface area contributed by atoms with Crippen LogP contribution in [0.25, 0.3) is 0 Å². The van der Waals surface area contributed by atoms with E-state index >= 15 is 0 Å². The molecule has 0 spiro atoms. The quantitative estimate of drug-likeness (QED) is 0.902. The van der Waals surface area contributed by atoms with Crippen LogP contribution < -0.4 is 10.2 Å². The average Bonchev–Trinajstić information content (AvgIpc) is 2.36. The van der Waals surface area contributed by atoms with Crippen LogP contribution >= 0.6 is 23.4 Å². The molecule has 1 aromatic rings. The van der Waals surface area contributed by atoms with Crippen LogP contribution in [0, 0.1) is 0 Å². The topological polar surface area (TPSA) is 15.3 Å². The first-order valence-corrected chi connectivity index (χ1v) is 8.68. The van der Waals surface area contributed by atoms with Crippen LogP contribution in [0.15, 0.2) is 18.2 Å². The van der Waals surface area contributed by atoms with E-state index in [1.807, 2.05) is 0 Å². The lowest BCUT2D eigenvalue weighted by atomic mass is 10.1. The van der Waals surface area contributed by atoms with Crippen molar-refractivity contribution in [2.75, 3.05) is 23.7 Å². The molecule has 1 atom stereocenters. The van der Waals surface area contributed by atoms with E-state index in [1.54, 1.807) is 0 Å². The van der Waals surface area contributed by atoms with Gasteiger partial charge in [-0.15, -0.1) is 0 Å². The molecule has 1 N–H and O–H groups in total. The Balaban J connectivity index is 2.05. The second kappa shape index (κ2) is 6.59. The molecule has 4 heteroatoms. The maximum Gasteiger partial charge on any atom is 0.0471 e. The minimum absolute atomic E-state index is 0.113. The fraction of sp³-hybridized carbons (Fsp3) is 0.625. The molecule has 0 aromatic heterocycles. The van der Waals surface area contributed by atoms with Gasteiger partial charge in [0.25, 0.3) is 0 Å². The SMILES string of the molecule is CC1CN(c2ccc(CNC(C)(C)C)c(Cl)c2)CCS1. The zero-order valence-electron chi connectivity index (χ0n) is 12.9. The monoisotopic (exact) mass is 312 g/mol. The molecule has 0 amide bonds. The third-order valence-corrected chi connectivity index (χ3v) is 4.94. The zero-order valence-corrected chi connectivity index (χ0v) is 14.4. The third kappa shape index (κ3) is 4.57. The van der Waals surface area contributed by atoms with E-state index in [0.29, 0.717) is 5.25 Å². The molecule has 1 aromatic carbocycles. The van der Waals surface area contributed by atoms with Gasteiger partial charge in [-0.1, -0.05) is 24.6 Å². The zero-order chi connectivity index (χ0) is 14.8. The molecular weight excluding hydrogens is 288 g/mol. The summed E-state index contributed by atoms with van der Waals surface area (Å²) in [6.45, 7) is 11.8. The second-order valence-electron chi connectivity index (χ2n) is 6.51. The number of nitrogens with zero attached hydrogens (tertiary/aromatic N) is 1. The van der Waals surface area contributed by atoms with Gasteiger partial charge in [0.15, 0.2) is 0 Å². The summed E-state index contributed by atoms with van der Waals surface area (Å²) in [6.07, 6.45) is 0. The van der Waals surface area contributed by atoms with Crippen molar-refractivity contribution in [3.8, 4) is 0 Å². The largest absolute Gasteiger partial charge is 0.370 e. The van der Waals surface area contributed by atoms with Crippen molar-refractivity contribution in [3.05, 3.63) is 28.8 Å². The number of rotatable bonds is 3. The van der Waals surface area contributed by atoms with E-state index < -0.39 is 0 Å². The van der Waals surface area contributed by atoms with Gasteiger partial charge in [-0.05, 0) is 38.5 Å². The Kier molecular flexibility index (Phi) is 5.27. The molecule has 20 heavy (non-hydrogen) atoms. The Morgan fingerprint density at radius 1 is 1.40 bits per heavy atom. The van der Waals surface area contributed by atoms with Crippen molar-refractivity contribution in [1.29, 1.82) is 0 Å². The number of benzene rings is 1. The van der Waals surface area contributed by atoms with Crippen LogP contribution in [-0.4, -0.2) is 29.6 Å². The predicted molar refractivity (Wildman–Crippen MR) is 92.2 cm³/mol. The van der Waals surface area contributed by atoms with Gasteiger partial charge in [0, 0.05) is 46.9 Å². The number of anilines is 1. The van der Waals surface area contributed by atoms with Gasteiger partial charge < -0.3 is 10.2 Å². The van der Waals surface area contributed by atoms with Gasteiger partial charge in [-0.25, -0.2) is 0 Å². The highest BCUT2D eigenvalue weighted by Gasteiger charge is 2.18. The number of thioether (sulfide) groups is 1. The number of halogens is 1. The smallest absolute Gasteiger partial charge is 0.0471 e. The first-order chi connectivity index (χ1) is 9.35. The third-order valence-electron chi connectivity index (χ3n) is 3.45. The lowest BCUT2D eigenvalue weighted by Crippen LogP contribution is -2.36. The molecule has 1 aliphatic rings. The van der Waals surface area contributed by atoms with Gasteiger partial charge in [-0.3, -0.25) is 0 Å². The number of nitrogens with one attached hydrogen (secondary N) is 1. The normalized spacial score (nSPS) is 20.2. The summed E-state index contributed by atoms with van der Waals surface area (Å²) in [5, 5.41) is 5.05. The van der Waals surface area contributed by atoms with E-state index in [2.05, 4.69) is 67.9 Å². The van der Waals surface area contributed by atoms with Crippen molar-refractivity contribution >= 4 is 29.1 Å². The van der Waals surface area contributed by atoms with Gasteiger partial charge in [0.2, 0.25) is 0 Å². The van der Waals surface area contributed by atoms with Gasteiger partial charge >= 0.3 is 0 Å². The molecule has 112 valence electrons. The van der Waals surface area contributed by atoms with Crippen molar-refractivity contribution in [1.82, 2.24) is 5.32 Å². The average molecular weight is 313 g/mol. The van der Waals surface area contributed by atoms with Crippen LogP contribution in [0.5, 0.6) is 0 Å². The van der Waals surface area contributed by atoms with Crippen molar-refractivity contribution < 1.29 is 0 Å². The van der Waals surface area contributed by atoms with Crippen LogP contribution in [0.2, 0.25) is 5.02 Å². The molecule has 0 bridgehead atoms. The van der Waals surface area contributed by atoms with Crippen LogP contribution in [0.4, 0.5) is 5.69 Å². The molecule has 2 nitrogen and oxygen atoms in total. The minimum atomic E-state index is 0.113. The maximum absolute atomic E-state index is 6.44. The first-order valence-electron chi connectivity index (χ1n) is 7.25.